The zero-order chi connectivity index (χ0) is 26.7. The Bertz CT molecular complexity index is 1180. The summed E-state index contributed by atoms with van der Waals surface area (Å²) in [4.78, 5) is 0. The van der Waals surface area contributed by atoms with Gasteiger partial charge in [0.15, 0.2) is 0 Å². The minimum absolute atomic E-state index is 0. The molecule has 2 atom stereocenters. The van der Waals surface area contributed by atoms with E-state index in [1.165, 1.54) is 12.8 Å². The van der Waals surface area contributed by atoms with Gasteiger partial charge >= 0.3 is 21.7 Å². The van der Waals surface area contributed by atoms with Gasteiger partial charge in [-0.2, -0.15) is 0 Å². The SMILES string of the molecule is CO.Oc1c(CN[C@@H]2CCCC[C@H]2NCc2cccc(-c3ccccc3)c2O)cccc1-c1ccccc1.[CH3-].[Ti+3]. The van der Waals surface area contributed by atoms with Crippen LogP contribution >= 0.6 is 0 Å². The molecule has 0 aliphatic heterocycles. The summed E-state index contributed by atoms with van der Waals surface area (Å²) in [5, 5.41) is 36.3. The van der Waals surface area contributed by atoms with Crippen molar-refractivity contribution in [2.24, 2.45) is 0 Å². The molecule has 0 spiro atoms. The number of benzene rings is 4. The van der Waals surface area contributed by atoms with Crippen molar-refractivity contribution in [3.63, 3.8) is 0 Å². The Morgan fingerprint density at radius 2 is 0.950 bits per heavy atom. The van der Waals surface area contributed by atoms with Crippen LogP contribution in [0.25, 0.3) is 22.3 Å². The molecular weight excluding hydrogens is 532 g/mol. The van der Waals surface area contributed by atoms with Crippen LogP contribution in [0.3, 0.4) is 0 Å². The second-order valence-corrected chi connectivity index (χ2v) is 9.62. The number of aromatic hydroxyl groups is 2. The van der Waals surface area contributed by atoms with E-state index in [2.05, 4.69) is 10.6 Å². The molecule has 0 heterocycles. The Labute approximate surface area is 254 Å². The van der Waals surface area contributed by atoms with Crippen molar-refractivity contribution >= 4 is 0 Å². The number of rotatable bonds is 8. The largest absolute Gasteiger partial charge is 3.00 e. The number of nitrogens with one attached hydrogen (secondary N) is 2. The maximum atomic E-state index is 11.0. The van der Waals surface area contributed by atoms with E-state index in [-0.39, 0.29) is 29.1 Å². The van der Waals surface area contributed by atoms with Crippen LogP contribution in [0, 0.1) is 7.43 Å². The molecule has 0 saturated heterocycles. The van der Waals surface area contributed by atoms with Crippen LogP contribution in [0.15, 0.2) is 97.1 Å². The number of aliphatic hydroxyl groups is 1. The van der Waals surface area contributed by atoms with Crippen molar-refractivity contribution in [1.82, 2.24) is 10.6 Å². The molecule has 1 aliphatic rings. The molecule has 0 amide bonds. The van der Waals surface area contributed by atoms with Crippen LogP contribution in [0.4, 0.5) is 0 Å². The monoisotopic (exact) mass is 573 g/mol. The minimum Gasteiger partial charge on any atom is -0.507 e. The van der Waals surface area contributed by atoms with Gasteiger partial charge in [0.1, 0.15) is 11.5 Å². The Balaban J connectivity index is 0.00000137. The maximum Gasteiger partial charge on any atom is 3.00 e. The quantitative estimate of drug-likeness (QED) is 0.120. The summed E-state index contributed by atoms with van der Waals surface area (Å²) in [6.45, 7) is 1.23. The third-order valence-corrected chi connectivity index (χ3v) is 7.28. The van der Waals surface area contributed by atoms with E-state index in [0.29, 0.717) is 36.7 Å². The molecule has 207 valence electrons. The van der Waals surface area contributed by atoms with Crippen molar-refractivity contribution in [3.8, 4) is 33.8 Å². The number of hydrogen-bond donors (Lipinski definition) is 5. The Kier molecular flexibility index (Phi) is 14.2. The van der Waals surface area contributed by atoms with Crippen molar-refractivity contribution in [1.29, 1.82) is 0 Å². The smallest absolute Gasteiger partial charge is 0.507 e. The molecule has 1 fully saturated rings. The van der Waals surface area contributed by atoms with Crippen molar-refractivity contribution in [3.05, 3.63) is 116 Å². The summed E-state index contributed by atoms with van der Waals surface area (Å²) in [6.07, 6.45) is 4.57. The predicted octanol–water partition coefficient (Wildman–Crippen LogP) is 6.68. The molecule has 0 bridgehead atoms. The van der Waals surface area contributed by atoms with E-state index in [1.54, 1.807) is 0 Å². The molecule has 5 N–H and O–H groups in total. The maximum absolute atomic E-state index is 11.0. The van der Waals surface area contributed by atoms with Gasteiger partial charge in [0.25, 0.3) is 0 Å². The fraction of sp³-hybridized carbons (Fsp3) is 0.265. The molecule has 40 heavy (non-hydrogen) atoms. The van der Waals surface area contributed by atoms with Crippen LogP contribution in [0.5, 0.6) is 11.5 Å². The number of para-hydroxylation sites is 2. The van der Waals surface area contributed by atoms with Gasteiger partial charge in [-0.25, -0.2) is 0 Å². The third-order valence-electron chi connectivity index (χ3n) is 7.28. The summed E-state index contributed by atoms with van der Waals surface area (Å²) in [5.41, 5.74) is 5.59. The standard InChI is InChI=1S/C32H34N2O2.CH4O.CH3.Ti/c35-31-25(15-9-17-27(31)23-11-3-1-4-12-23)21-33-29-19-7-8-20-30(29)34-22-26-16-10-18-28(32(26)36)24-13-5-2-6-14-24;1-2;;/h1-6,9-18,29-30,33-36H,7-8,19-22H2;2H,1H3;1H3;/q;;-1;+3/t29-,30-;;;/m1.../s1. The average Bonchev–Trinajstić information content (AvgIpc) is 2.98. The van der Waals surface area contributed by atoms with Crippen LogP contribution in [0.2, 0.25) is 0 Å². The molecule has 6 heteroatoms. The minimum atomic E-state index is 0. The molecule has 1 radical (unpaired) electrons. The zero-order valence-corrected chi connectivity index (χ0v) is 25.0. The Morgan fingerprint density at radius 3 is 1.32 bits per heavy atom. The number of phenolic OH excluding ortho intramolecular Hbond substituents is 2. The molecule has 1 saturated carbocycles. The van der Waals surface area contributed by atoms with E-state index >= 15 is 0 Å². The van der Waals surface area contributed by atoms with Crippen molar-refractivity contribution in [2.45, 2.75) is 50.9 Å². The second-order valence-electron chi connectivity index (χ2n) is 9.62. The molecule has 5 rings (SSSR count). The Morgan fingerprint density at radius 1 is 0.575 bits per heavy atom. The van der Waals surface area contributed by atoms with Crippen molar-refractivity contribution < 1.29 is 37.0 Å². The molecule has 0 aromatic heterocycles. The van der Waals surface area contributed by atoms with Gasteiger partial charge in [-0.15, -0.1) is 0 Å². The van der Waals surface area contributed by atoms with Gasteiger partial charge in [-0.3, -0.25) is 0 Å². The van der Waals surface area contributed by atoms with Gasteiger partial charge < -0.3 is 33.4 Å². The molecular formula is C34H41N2O3Ti+2. The topological polar surface area (TPSA) is 84.8 Å². The fourth-order valence-corrected chi connectivity index (χ4v) is 5.27. The molecule has 4 aromatic carbocycles. The summed E-state index contributed by atoms with van der Waals surface area (Å²) in [5.74, 6) is 0.693. The van der Waals surface area contributed by atoms with E-state index in [0.717, 1.165) is 53.3 Å². The summed E-state index contributed by atoms with van der Waals surface area (Å²) >= 11 is 0. The predicted molar refractivity (Wildman–Crippen MR) is 161 cm³/mol. The van der Waals surface area contributed by atoms with Crippen LogP contribution in [0.1, 0.15) is 36.8 Å². The van der Waals surface area contributed by atoms with Gasteiger partial charge in [-0.1, -0.05) is 110 Å². The summed E-state index contributed by atoms with van der Waals surface area (Å²) < 4.78 is 0. The summed E-state index contributed by atoms with van der Waals surface area (Å²) in [6, 6.07) is 32.6. The second kappa shape index (κ2) is 17.0. The first-order chi connectivity index (χ1) is 18.7. The Hall–Kier alpha value is -2.93. The van der Waals surface area contributed by atoms with E-state index in [1.807, 2.05) is 97.1 Å². The summed E-state index contributed by atoms with van der Waals surface area (Å²) in [7, 11) is 1.00. The van der Waals surface area contributed by atoms with Crippen LogP contribution < -0.4 is 10.6 Å². The first-order valence-corrected chi connectivity index (χ1v) is 13.3. The first-order valence-electron chi connectivity index (χ1n) is 13.3. The number of phenols is 2. The molecule has 1 aliphatic carbocycles. The number of aliphatic hydroxyl groups excluding tert-OH is 1. The third kappa shape index (κ3) is 8.29. The van der Waals surface area contributed by atoms with Gasteiger partial charge in [0.05, 0.1) is 0 Å². The molecule has 4 aromatic rings. The molecule has 5 nitrogen and oxygen atoms in total. The van der Waals surface area contributed by atoms with Gasteiger partial charge in [0, 0.05) is 54.5 Å². The van der Waals surface area contributed by atoms with Gasteiger partial charge in [0.2, 0.25) is 0 Å². The number of hydrogen-bond acceptors (Lipinski definition) is 5. The van der Waals surface area contributed by atoms with Crippen molar-refractivity contribution in [2.75, 3.05) is 7.11 Å². The van der Waals surface area contributed by atoms with Gasteiger partial charge in [-0.05, 0) is 24.0 Å². The van der Waals surface area contributed by atoms with E-state index in [9.17, 15) is 10.2 Å². The van der Waals surface area contributed by atoms with E-state index < -0.39 is 0 Å². The first kappa shape index (κ1) is 33.3. The average molecular weight is 574 g/mol. The molecule has 0 unspecified atom stereocenters. The normalized spacial score (nSPS) is 16.1. The zero-order valence-electron chi connectivity index (χ0n) is 23.5. The van der Waals surface area contributed by atoms with Crippen LogP contribution in [-0.4, -0.2) is 34.5 Å². The van der Waals surface area contributed by atoms with E-state index in [4.69, 9.17) is 5.11 Å². The van der Waals surface area contributed by atoms with Crippen LogP contribution in [-0.2, 0) is 34.8 Å². The fourth-order valence-electron chi connectivity index (χ4n) is 5.27.